The second-order valence-corrected chi connectivity index (χ2v) is 7.12. The Hall–Kier alpha value is -2.08. The molecular formula is C19H28N4OS. The first-order valence-corrected chi connectivity index (χ1v) is 9.55. The Kier molecular flexibility index (Phi) is 7.73. The highest BCUT2D eigenvalue weighted by Gasteiger charge is 2.05. The molecule has 0 aliphatic rings. The number of hydrogen-bond acceptors (Lipinski definition) is 4. The number of aryl methyl sites for hydroxylation is 3. The fraction of sp³-hybridized carbons (Fsp3) is 0.474. The fourth-order valence-electron chi connectivity index (χ4n) is 2.39. The zero-order valence-electron chi connectivity index (χ0n) is 15.6. The van der Waals surface area contributed by atoms with Crippen LogP contribution in [0.4, 0.5) is 0 Å². The molecular weight excluding hydrogens is 332 g/mol. The van der Waals surface area contributed by atoms with Crippen LogP contribution in [0.25, 0.3) is 0 Å². The number of nitrogens with one attached hydrogen (secondary N) is 2. The lowest BCUT2D eigenvalue weighted by Crippen LogP contribution is -2.38. The SMILES string of the molecule is CCNC(=NCc1sc(C)nc1C)NCCCOc1ccccc1C. The summed E-state index contributed by atoms with van der Waals surface area (Å²) in [5.41, 5.74) is 2.24. The highest BCUT2D eigenvalue weighted by molar-refractivity contribution is 7.11. The van der Waals surface area contributed by atoms with Gasteiger partial charge in [0.05, 0.1) is 23.9 Å². The van der Waals surface area contributed by atoms with Gasteiger partial charge in [0, 0.05) is 18.0 Å². The average molecular weight is 361 g/mol. The lowest BCUT2D eigenvalue weighted by molar-refractivity contribution is 0.309. The molecule has 6 heteroatoms. The molecule has 1 heterocycles. The second-order valence-electron chi connectivity index (χ2n) is 5.83. The maximum Gasteiger partial charge on any atom is 0.191 e. The van der Waals surface area contributed by atoms with Gasteiger partial charge < -0.3 is 15.4 Å². The molecule has 0 unspecified atom stereocenters. The molecule has 0 atom stereocenters. The van der Waals surface area contributed by atoms with Gasteiger partial charge in [0.25, 0.3) is 0 Å². The quantitative estimate of drug-likeness (QED) is 0.429. The van der Waals surface area contributed by atoms with Crippen molar-refractivity contribution >= 4 is 17.3 Å². The molecule has 0 amide bonds. The highest BCUT2D eigenvalue weighted by atomic mass is 32.1. The van der Waals surface area contributed by atoms with E-state index < -0.39 is 0 Å². The molecule has 2 rings (SSSR count). The van der Waals surface area contributed by atoms with E-state index in [1.165, 1.54) is 10.4 Å². The van der Waals surface area contributed by atoms with E-state index in [4.69, 9.17) is 4.74 Å². The molecule has 25 heavy (non-hydrogen) atoms. The molecule has 1 aromatic carbocycles. The Morgan fingerprint density at radius 2 is 2.00 bits per heavy atom. The van der Waals surface area contributed by atoms with Gasteiger partial charge in [-0.05, 0) is 45.7 Å². The van der Waals surface area contributed by atoms with Crippen LogP contribution in [0.15, 0.2) is 29.3 Å². The number of guanidine groups is 1. The topological polar surface area (TPSA) is 58.5 Å². The summed E-state index contributed by atoms with van der Waals surface area (Å²) in [6.07, 6.45) is 0.914. The van der Waals surface area contributed by atoms with Crippen LogP contribution in [0.3, 0.4) is 0 Å². The van der Waals surface area contributed by atoms with Crippen molar-refractivity contribution in [1.82, 2.24) is 15.6 Å². The van der Waals surface area contributed by atoms with Crippen LogP contribution in [-0.2, 0) is 6.54 Å². The normalized spacial score (nSPS) is 11.4. The van der Waals surface area contributed by atoms with Crippen molar-refractivity contribution in [3.8, 4) is 5.75 Å². The van der Waals surface area contributed by atoms with Crippen molar-refractivity contribution < 1.29 is 4.74 Å². The number of thiazole rings is 1. The summed E-state index contributed by atoms with van der Waals surface area (Å²) >= 11 is 1.71. The number of para-hydroxylation sites is 1. The highest BCUT2D eigenvalue weighted by Crippen LogP contribution is 2.18. The predicted molar refractivity (Wildman–Crippen MR) is 106 cm³/mol. The second kappa shape index (κ2) is 10.0. The van der Waals surface area contributed by atoms with Gasteiger partial charge in [-0.3, -0.25) is 0 Å². The van der Waals surface area contributed by atoms with Crippen LogP contribution in [0, 0.1) is 20.8 Å². The van der Waals surface area contributed by atoms with Crippen LogP contribution in [0.2, 0.25) is 0 Å². The summed E-state index contributed by atoms with van der Waals surface area (Å²) in [6, 6.07) is 8.09. The molecule has 136 valence electrons. The third-order valence-corrected chi connectivity index (χ3v) is 4.75. The lowest BCUT2D eigenvalue weighted by atomic mass is 10.2. The lowest BCUT2D eigenvalue weighted by Gasteiger charge is -2.12. The molecule has 2 aromatic rings. The molecule has 5 nitrogen and oxygen atoms in total. The van der Waals surface area contributed by atoms with Crippen molar-refractivity contribution in [3.05, 3.63) is 45.4 Å². The van der Waals surface area contributed by atoms with E-state index >= 15 is 0 Å². The molecule has 0 aliphatic heterocycles. The number of nitrogens with zero attached hydrogens (tertiary/aromatic N) is 2. The molecule has 1 aromatic heterocycles. The van der Waals surface area contributed by atoms with E-state index in [1.807, 2.05) is 32.0 Å². The predicted octanol–water partition coefficient (Wildman–Crippen LogP) is 3.59. The van der Waals surface area contributed by atoms with E-state index in [9.17, 15) is 0 Å². The Morgan fingerprint density at radius 3 is 2.68 bits per heavy atom. The Morgan fingerprint density at radius 1 is 1.20 bits per heavy atom. The number of aromatic nitrogens is 1. The van der Waals surface area contributed by atoms with Crippen LogP contribution in [0.5, 0.6) is 5.75 Å². The van der Waals surface area contributed by atoms with Gasteiger partial charge in [0.1, 0.15) is 5.75 Å². The molecule has 0 aliphatic carbocycles. The third kappa shape index (κ3) is 6.38. The largest absolute Gasteiger partial charge is 0.493 e. The van der Waals surface area contributed by atoms with Crippen LogP contribution in [0.1, 0.15) is 34.5 Å². The number of rotatable bonds is 8. The molecule has 0 fully saturated rings. The molecule has 2 N–H and O–H groups in total. The first-order chi connectivity index (χ1) is 12.1. The Balaban J connectivity index is 1.76. The molecule has 0 radical (unpaired) electrons. The van der Waals surface area contributed by atoms with Gasteiger partial charge in [-0.25, -0.2) is 9.98 Å². The van der Waals surface area contributed by atoms with Crippen molar-refractivity contribution in [1.29, 1.82) is 0 Å². The summed E-state index contributed by atoms with van der Waals surface area (Å²) in [6.45, 7) is 11.2. The van der Waals surface area contributed by atoms with E-state index in [2.05, 4.69) is 40.5 Å². The Bertz CT molecular complexity index is 696. The first kappa shape index (κ1) is 19.2. The van der Waals surface area contributed by atoms with Gasteiger partial charge in [-0.15, -0.1) is 11.3 Å². The van der Waals surface area contributed by atoms with Crippen LogP contribution < -0.4 is 15.4 Å². The summed E-state index contributed by atoms with van der Waals surface area (Å²) in [5, 5.41) is 7.73. The summed E-state index contributed by atoms with van der Waals surface area (Å²) in [4.78, 5) is 10.3. The smallest absolute Gasteiger partial charge is 0.191 e. The van der Waals surface area contributed by atoms with Crippen molar-refractivity contribution in [3.63, 3.8) is 0 Å². The maximum absolute atomic E-state index is 5.82. The van der Waals surface area contributed by atoms with E-state index in [0.29, 0.717) is 13.2 Å². The van der Waals surface area contributed by atoms with Crippen molar-refractivity contribution in [2.75, 3.05) is 19.7 Å². The van der Waals surface area contributed by atoms with Crippen LogP contribution >= 0.6 is 11.3 Å². The molecule has 0 spiro atoms. The fourth-order valence-corrected chi connectivity index (χ4v) is 3.25. The maximum atomic E-state index is 5.82. The van der Waals surface area contributed by atoms with E-state index in [0.717, 1.165) is 41.9 Å². The monoisotopic (exact) mass is 360 g/mol. The van der Waals surface area contributed by atoms with Gasteiger partial charge in [-0.2, -0.15) is 0 Å². The zero-order valence-corrected chi connectivity index (χ0v) is 16.4. The molecule has 0 saturated heterocycles. The molecule has 0 saturated carbocycles. The van der Waals surface area contributed by atoms with Gasteiger partial charge in [0.15, 0.2) is 5.96 Å². The number of aliphatic imine (C=N–C) groups is 1. The minimum atomic E-state index is 0.659. The van der Waals surface area contributed by atoms with Gasteiger partial charge >= 0.3 is 0 Å². The van der Waals surface area contributed by atoms with E-state index in [-0.39, 0.29) is 0 Å². The Labute approximate surface area is 154 Å². The average Bonchev–Trinajstić information content (AvgIpc) is 2.91. The third-order valence-electron chi connectivity index (χ3n) is 3.69. The molecule has 0 bridgehead atoms. The zero-order chi connectivity index (χ0) is 18.1. The van der Waals surface area contributed by atoms with Crippen LogP contribution in [-0.4, -0.2) is 30.6 Å². The van der Waals surface area contributed by atoms with E-state index in [1.54, 1.807) is 11.3 Å². The standard InChI is InChI=1S/C19H28N4OS/c1-5-20-19(22-13-18-15(3)23-16(4)25-18)21-11-8-12-24-17-10-7-6-9-14(17)2/h6-7,9-10H,5,8,11-13H2,1-4H3,(H2,20,21,22). The minimum absolute atomic E-state index is 0.659. The number of hydrogen-bond donors (Lipinski definition) is 2. The first-order valence-electron chi connectivity index (χ1n) is 8.73. The van der Waals surface area contributed by atoms with Gasteiger partial charge in [0.2, 0.25) is 0 Å². The summed E-state index contributed by atoms with van der Waals surface area (Å²) < 4.78 is 5.82. The van der Waals surface area contributed by atoms with Gasteiger partial charge in [-0.1, -0.05) is 18.2 Å². The number of benzene rings is 1. The minimum Gasteiger partial charge on any atom is -0.493 e. The number of ether oxygens (including phenoxy) is 1. The summed E-state index contributed by atoms with van der Waals surface area (Å²) in [7, 11) is 0. The van der Waals surface area contributed by atoms with Crippen molar-refractivity contribution in [2.45, 2.75) is 40.7 Å². The summed E-state index contributed by atoms with van der Waals surface area (Å²) in [5.74, 6) is 1.79. The van der Waals surface area contributed by atoms with Crippen molar-refractivity contribution in [2.24, 2.45) is 4.99 Å².